The topological polar surface area (TPSA) is 0 Å². The van der Waals surface area contributed by atoms with Crippen molar-refractivity contribution in [3.8, 4) is 11.1 Å². The van der Waals surface area contributed by atoms with Crippen LogP contribution in [0.15, 0.2) is 83.4 Å². The number of allylic oxidation sites excluding steroid dienone is 4. The molecule has 0 amide bonds. The van der Waals surface area contributed by atoms with Crippen LogP contribution in [0, 0.1) is 12.0 Å². The Kier molecular flexibility index (Phi) is 17.2. The van der Waals surface area contributed by atoms with Gasteiger partial charge in [0.25, 0.3) is 0 Å². The summed E-state index contributed by atoms with van der Waals surface area (Å²) in [4.78, 5) is 0. The SMILES string of the molecule is CC1=[C-]C(C)C(C)=C1C.CCC[Si](=[Zr+2])CCC.[Cl-].[Cl-].c1ccc(-c2c[cH-]c3ccccc23)cc1. The summed E-state index contributed by atoms with van der Waals surface area (Å²) in [6.45, 7) is 13.3. The van der Waals surface area contributed by atoms with Gasteiger partial charge in [0.15, 0.2) is 0 Å². The van der Waals surface area contributed by atoms with E-state index in [1.807, 2.05) is 23.3 Å². The van der Waals surface area contributed by atoms with E-state index in [1.54, 1.807) is 12.1 Å². The predicted octanol–water partition coefficient (Wildman–Crippen LogP) is 3.30. The Labute approximate surface area is 235 Å². The normalized spacial score (nSPS) is 14.1. The Morgan fingerprint density at radius 2 is 1.44 bits per heavy atom. The number of halogens is 2. The molecule has 1 aliphatic carbocycles. The summed E-state index contributed by atoms with van der Waals surface area (Å²) < 4.78 is 0. The van der Waals surface area contributed by atoms with Gasteiger partial charge in [0.2, 0.25) is 0 Å². The molecule has 0 heterocycles. The average molecular weight is 589 g/mol. The Hall–Kier alpha value is -0.790. The van der Waals surface area contributed by atoms with Crippen LogP contribution in [0.5, 0.6) is 0 Å². The smallest absolute Gasteiger partial charge is 0.0623 e. The summed E-state index contributed by atoms with van der Waals surface area (Å²) in [6.07, 6.45) is 6.19. The van der Waals surface area contributed by atoms with E-state index in [0.29, 0.717) is 5.92 Å². The van der Waals surface area contributed by atoms with Gasteiger partial charge in [0, 0.05) is 0 Å². The second-order valence-corrected chi connectivity index (χ2v) is 16.0. The van der Waals surface area contributed by atoms with E-state index in [2.05, 4.69) is 114 Å². The molecule has 0 spiro atoms. The van der Waals surface area contributed by atoms with Gasteiger partial charge in [-0.05, 0) is 0 Å². The van der Waals surface area contributed by atoms with Gasteiger partial charge in [-0.25, -0.2) is 5.57 Å². The first-order valence-electron chi connectivity index (χ1n) is 11.9. The maximum Gasteiger partial charge on any atom is -0.0623 e. The standard InChI is InChI=1S/C15H11.C9H13.C6H14Si.2ClH.Zr/c1-2-6-12(7-3-1)15-11-10-13-8-4-5-9-14(13)15;1-6-5-7(2)9(4)8(6)3;1-3-5-7-6-4-2;;;/h1-11H;6H,1-4H3;3-6H2,1-2H3;2*1H;/q2*-1;;;;+2/p-2. The van der Waals surface area contributed by atoms with Gasteiger partial charge in [-0.2, -0.15) is 11.1 Å². The third-order valence-electron chi connectivity index (χ3n) is 6.11. The van der Waals surface area contributed by atoms with Crippen molar-refractivity contribution in [2.24, 2.45) is 5.92 Å². The minimum Gasteiger partial charge on any atom is -1.00 e. The van der Waals surface area contributed by atoms with Gasteiger partial charge in [0.05, 0.1) is 0 Å². The van der Waals surface area contributed by atoms with Crippen molar-refractivity contribution in [3.63, 3.8) is 0 Å². The van der Waals surface area contributed by atoms with Gasteiger partial charge < -0.3 is 24.8 Å². The molecule has 0 aliphatic heterocycles. The third kappa shape index (κ3) is 10.1. The molecule has 182 valence electrons. The minimum absolute atomic E-state index is 0. The van der Waals surface area contributed by atoms with Gasteiger partial charge in [-0.1, -0.05) is 68.7 Å². The van der Waals surface area contributed by atoms with E-state index in [-0.39, 0.29) is 30.2 Å². The van der Waals surface area contributed by atoms with Gasteiger partial charge in [-0.15, -0.1) is 53.6 Å². The van der Waals surface area contributed by atoms with Crippen LogP contribution in [0.1, 0.15) is 54.4 Å². The van der Waals surface area contributed by atoms with E-state index < -0.39 is 0 Å². The zero-order chi connectivity index (χ0) is 23.5. The largest absolute Gasteiger partial charge is 1.00 e. The molecule has 0 saturated carbocycles. The summed E-state index contributed by atoms with van der Waals surface area (Å²) in [5.41, 5.74) is 7.06. The number of hydrogen-bond acceptors (Lipinski definition) is 0. The molecule has 0 radical (unpaired) electrons. The molecule has 34 heavy (non-hydrogen) atoms. The molecule has 1 unspecified atom stereocenters. The van der Waals surface area contributed by atoms with Gasteiger partial charge in [0.1, 0.15) is 0 Å². The predicted molar refractivity (Wildman–Crippen MR) is 141 cm³/mol. The quantitative estimate of drug-likeness (QED) is 0.317. The van der Waals surface area contributed by atoms with E-state index >= 15 is 0 Å². The van der Waals surface area contributed by atoms with Crippen LogP contribution >= 0.6 is 0 Å². The van der Waals surface area contributed by atoms with Gasteiger partial charge in [-0.3, -0.25) is 6.08 Å². The first kappa shape index (κ1) is 33.2. The molecular formula is C30H38Cl2SiZr-2. The fourth-order valence-corrected chi connectivity index (χ4v) is 9.05. The molecule has 0 N–H and O–H groups in total. The van der Waals surface area contributed by atoms with Crippen molar-refractivity contribution in [1.29, 1.82) is 0 Å². The van der Waals surface area contributed by atoms with Crippen molar-refractivity contribution >= 4 is 16.2 Å². The van der Waals surface area contributed by atoms with E-state index in [0.717, 1.165) is 0 Å². The minimum atomic E-state index is 0. The van der Waals surface area contributed by atoms with Gasteiger partial charge >= 0.3 is 67.5 Å². The average Bonchev–Trinajstić information content (AvgIpc) is 3.32. The van der Waals surface area contributed by atoms with Crippen LogP contribution in [0.3, 0.4) is 0 Å². The molecule has 3 aromatic carbocycles. The van der Waals surface area contributed by atoms with E-state index in [1.165, 1.54) is 51.5 Å². The van der Waals surface area contributed by atoms with E-state index in [9.17, 15) is 0 Å². The Morgan fingerprint density at radius 3 is 1.91 bits per heavy atom. The van der Waals surface area contributed by atoms with Crippen LogP contribution in [0.4, 0.5) is 0 Å². The zero-order valence-electron chi connectivity index (χ0n) is 21.5. The molecular weight excluding hydrogens is 551 g/mol. The number of fused-ring (bicyclic) bond motifs is 1. The van der Waals surface area contributed by atoms with Crippen LogP contribution in [0.25, 0.3) is 21.9 Å². The molecule has 1 atom stereocenters. The first-order chi connectivity index (χ1) is 15.4. The second kappa shape index (κ2) is 17.6. The van der Waals surface area contributed by atoms with E-state index in [4.69, 9.17) is 0 Å². The molecule has 4 heteroatoms. The molecule has 0 aromatic heterocycles. The summed E-state index contributed by atoms with van der Waals surface area (Å²) in [6, 6.07) is 26.5. The molecule has 0 fully saturated rings. The van der Waals surface area contributed by atoms with Crippen LogP contribution in [-0.2, 0) is 23.3 Å². The summed E-state index contributed by atoms with van der Waals surface area (Å²) in [5.74, 6) is 0.560. The number of hydrogen-bond donors (Lipinski definition) is 0. The van der Waals surface area contributed by atoms with Crippen molar-refractivity contribution in [2.45, 2.75) is 66.5 Å². The monoisotopic (exact) mass is 586 g/mol. The Balaban J connectivity index is 0.000000503. The Bertz CT molecular complexity index is 1060. The maximum atomic E-state index is 3.36. The van der Waals surface area contributed by atoms with Crippen LogP contribution in [-0.4, -0.2) is 5.43 Å². The maximum absolute atomic E-state index is 3.36. The Morgan fingerprint density at radius 1 is 0.882 bits per heavy atom. The van der Waals surface area contributed by atoms with Crippen molar-refractivity contribution in [3.05, 3.63) is 89.5 Å². The molecule has 3 aromatic rings. The number of rotatable bonds is 5. The summed E-state index contributed by atoms with van der Waals surface area (Å²) in [7, 11) is 0. The van der Waals surface area contributed by atoms with Crippen molar-refractivity contribution < 1.29 is 48.1 Å². The molecule has 0 bridgehead atoms. The second-order valence-electron chi connectivity index (χ2n) is 8.60. The fourth-order valence-electron chi connectivity index (χ4n) is 3.91. The molecule has 1 aliphatic rings. The fraction of sp³-hybridized carbons (Fsp3) is 0.367. The summed E-state index contributed by atoms with van der Waals surface area (Å²) in [5, 5.41) is 2.65. The summed E-state index contributed by atoms with van der Waals surface area (Å²) >= 11 is 1.84. The molecule has 0 saturated heterocycles. The van der Waals surface area contributed by atoms with Crippen molar-refractivity contribution in [1.82, 2.24) is 0 Å². The number of benzene rings is 2. The van der Waals surface area contributed by atoms with Crippen molar-refractivity contribution in [2.75, 3.05) is 0 Å². The molecule has 0 nitrogen and oxygen atoms in total. The van der Waals surface area contributed by atoms with Crippen LogP contribution < -0.4 is 24.8 Å². The molecule has 4 rings (SSSR count). The zero-order valence-corrected chi connectivity index (χ0v) is 26.5. The van der Waals surface area contributed by atoms with Crippen LogP contribution in [0.2, 0.25) is 12.1 Å². The third-order valence-corrected chi connectivity index (χ3v) is 12.0. The first-order valence-corrected chi connectivity index (χ1v) is 17.5.